The second kappa shape index (κ2) is 9.47. The molecular weight excluding hydrogens is 476 g/mol. The Morgan fingerprint density at radius 3 is 2.67 bits per heavy atom. The van der Waals surface area contributed by atoms with E-state index < -0.39 is 23.5 Å². The minimum atomic E-state index is -0.893. The fourth-order valence-corrected chi connectivity index (χ4v) is 5.28. The summed E-state index contributed by atoms with van der Waals surface area (Å²) in [4.78, 5) is 33.0. The van der Waals surface area contributed by atoms with E-state index in [1.54, 1.807) is 49.4 Å². The van der Waals surface area contributed by atoms with Crippen LogP contribution in [-0.4, -0.2) is 28.4 Å². The number of benzene rings is 2. The van der Waals surface area contributed by atoms with E-state index in [1.165, 1.54) is 16.2 Å². The van der Waals surface area contributed by atoms with Crippen molar-refractivity contribution in [1.29, 1.82) is 0 Å². The molecule has 182 valence electrons. The van der Waals surface area contributed by atoms with Crippen LogP contribution in [0.4, 0.5) is 5.13 Å². The Morgan fingerprint density at radius 2 is 2.00 bits per heavy atom. The van der Waals surface area contributed by atoms with Gasteiger partial charge in [-0.2, -0.15) is 0 Å². The van der Waals surface area contributed by atoms with Gasteiger partial charge in [0.1, 0.15) is 18.1 Å². The van der Waals surface area contributed by atoms with Crippen LogP contribution >= 0.6 is 11.3 Å². The van der Waals surface area contributed by atoms with E-state index in [0.717, 1.165) is 22.2 Å². The molecule has 0 spiro atoms. The fraction of sp³-hybridized carbons (Fsp3) is 0.179. The maximum Gasteiger partial charge on any atom is 0.296 e. The lowest BCUT2D eigenvalue weighted by Crippen LogP contribution is -2.30. The Hall–Kier alpha value is -4.17. The third-order valence-corrected chi connectivity index (χ3v) is 7.05. The molecule has 4 aromatic rings. The van der Waals surface area contributed by atoms with Crippen LogP contribution in [0.25, 0.3) is 10.2 Å². The summed E-state index contributed by atoms with van der Waals surface area (Å²) in [5.74, 6) is -0.630. The van der Waals surface area contributed by atoms with Crippen molar-refractivity contribution in [3.63, 3.8) is 0 Å². The second-order valence-electron chi connectivity index (χ2n) is 8.40. The molecule has 0 bridgehead atoms. The molecule has 8 heteroatoms. The molecule has 0 aliphatic carbocycles. The zero-order chi connectivity index (χ0) is 25.4. The average molecular weight is 501 g/mol. The quantitative estimate of drug-likeness (QED) is 0.232. The molecule has 36 heavy (non-hydrogen) atoms. The Morgan fingerprint density at radius 1 is 1.22 bits per heavy atom. The van der Waals surface area contributed by atoms with Crippen molar-refractivity contribution in [2.24, 2.45) is 0 Å². The van der Waals surface area contributed by atoms with Gasteiger partial charge in [-0.3, -0.25) is 14.5 Å². The van der Waals surface area contributed by atoms with Crippen molar-refractivity contribution < 1.29 is 23.8 Å². The first-order valence-corrected chi connectivity index (χ1v) is 12.3. The van der Waals surface area contributed by atoms with E-state index in [4.69, 9.17) is 9.15 Å². The maximum atomic E-state index is 13.5. The maximum absolute atomic E-state index is 13.5. The zero-order valence-corrected chi connectivity index (χ0v) is 20.7. The van der Waals surface area contributed by atoms with Crippen molar-refractivity contribution in [1.82, 2.24) is 4.98 Å². The van der Waals surface area contributed by atoms with Crippen molar-refractivity contribution in [3.05, 3.63) is 101 Å². The Bertz CT molecular complexity index is 1510. The summed E-state index contributed by atoms with van der Waals surface area (Å²) in [6, 6.07) is 15.3. The number of ether oxygens (including phenoxy) is 1. The molecule has 1 aliphatic heterocycles. The van der Waals surface area contributed by atoms with Crippen LogP contribution in [-0.2, 0) is 11.2 Å². The van der Waals surface area contributed by atoms with Gasteiger partial charge in [0.2, 0.25) is 5.78 Å². The van der Waals surface area contributed by atoms with Gasteiger partial charge < -0.3 is 14.3 Å². The summed E-state index contributed by atoms with van der Waals surface area (Å²) in [5.41, 5.74) is 2.47. The van der Waals surface area contributed by atoms with Crippen LogP contribution in [0.5, 0.6) is 5.75 Å². The largest absolute Gasteiger partial charge is 0.503 e. The van der Waals surface area contributed by atoms with E-state index in [-0.39, 0.29) is 11.3 Å². The molecule has 0 fully saturated rings. The molecule has 3 heterocycles. The van der Waals surface area contributed by atoms with E-state index in [2.05, 4.69) is 18.5 Å². The summed E-state index contributed by atoms with van der Waals surface area (Å²) in [6.45, 7) is 7.79. The van der Waals surface area contributed by atoms with Crippen LogP contribution in [0.1, 0.15) is 40.4 Å². The van der Waals surface area contributed by atoms with Gasteiger partial charge in [0.05, 0.1) is 21.8 Å². The normalized spacial score (nSPS) is 15.7. The highest BCUT2D eigenvalue weighted by Gasteiger charge is 2.46. The molecule has 1 amide bonds. The van der Waals surface area contributed by atoms with Crippen molar-refractivity contribution in [2.45, 2.75) is 26.3 Å². The number of rotatable bonds is 8. The molecule has 1 N–H and O–H groups in total. The van der Waals surface area contributed by atoms with Gasteiger partial charge in [0, 0.05) is 0 Å². The number of ketones is 1. The van der Waals surface area contributed by atoms with Gasteiger partial charge in [-0.25, -0.2) is 4.98 Å². The molecule has 2 aromatic heterocycles. The number of furan rings is 1. The van der Waals surface area contributed by atoms with Gasteiger partial charge in [-0.15, -0.1) is 0 Å². The molecule has 0 unspecified atom stereocenters. The monoisotopic (exact) mass is 500 g/mol. The Balaban J connectivity index is 1.62. The van der Waals surface area contributed by atoms with Crippen molar-refractivity contribution in [3.8, 4) is 5.75 Å². The van der Waals surface area contributed by atoms with Gasteiger partial charge in [0.15, 0.2) is 16.7 Å². The number of fused-ring (bicyclic) bond motifs is 1. The van der Waals surface area contributed by atoms with Gasteiger partial charge >= 0.3 is 0 Å². The predicted molar refractivity (Wildman–Crippen MR) is 139 cm³/mol. The second-order valence-corrected chi connectivity index (χ2v) is 9.41. The SMILES string of the molecule is C=CCOc1ccc([C@H]2C(C(=O)c3ccc(C)o3)=C(O)C(=O)N2c2nc3ccc(CC)cc3s2)cc1. The van der Waals surface area contributed by atoms with Crippen LogP contribution in [0.2, 0.25) is 0 Å². The summed E-state index contributed by atoms with van der Waals surface area (Å²) in [6.07, 6.45) is 2.52. The number of aryl methyl sites for hydroxylation is 2. The van der Waals surface area contributed by atoms with E-state index in [9.17, 15) is 14.7 Å². The van der Waals surface area contributed by atoms with Crippen molar-refractivity contribution >= 4 is 38.4 Å². The summed E-state index contributed by atoms with van der Waals surface area (Å²) in [7, 11) is 0. The third kappa shape index (κ3) is 4.09. The zero-order valence-electron chi connectivity index (χ0n) is 19.9. The first kappa shape index (κ1) is 23.6. The number of nitrogens with zero attached hydrogens (tertiary/aromatic N) is 2. The summed E-state index contributed by atoms with van der Waals surface area (Å²) < 4.78 is 12.0. The first-order chi connectivity index (χ1) is 17.4. The third-order valence-electron chi connectivity index (χ3n) is 6.04. The smallest absolute Gasteiger partial charge is 0.296 e. The molecule has 0 saturated heterocycles. The lowest BCUT2D eigenvalue weighted by Gasteiger charge is -2.24. The summed E-state index contributed by atoms with van der Waals surface area (Å²) >= 11 is 1.34. The van der Waals surface area contributed by atoms with Crippen molar-refractivity contribution in [2.75, 3.05) is 11.5 Å². The average Bonchev–Trinajstić information content (AvgIpc) is 3.58. The number of aliphatic hydroxyl groups excluding tert-OH is 1. The van der Waals surface area contributed by atoms with Gasteiger partial charge in [-0.05, 0) is 60.9 Å². The number of thiazole rings is 1. The molecule has 1 aliphatic rings. The van der Waals surface area contributed by atoms with E-state index in [0.29, 0.717) is 28.8 Å². The standard InChI is InChI=1S/C28H24N2O5S/c1-4-14-34-19-10-8-18(9-11-19)24-23(25(31)21-13-6-16(3)35-21)26(32)27(33)30(24)28-29-20-12-7-17(5-2)15-22(20)36-28/h4,6-13,15,24,32H,1,5,14H2,2-3H3/t24-/m0/s1. The Kier molecular flexibility index (Phi) is 6.20. The molecule has 0 radical (unpaired) electrons. The summed E-state index contributed by atoms with van der Waals surface area (Å²) in [5, 5.41) is 11.3. The molecule has 2 aromatic carbocycles. The molecule has 0 saturated carbocycles. The lowest BCUT2D eigenvalue weighted by molar-refractivity contribution is -0.117. The number of Topliss-reactive ketones (excluding diaryl/α,β-unsaturated/α-hetero) is 1. The molecular formula is C28H24N2O5S. The minimum Gasteiger partial charge on any atom is -0.503 e. The molecule has 1 atom stereocenters. The fourth-order valence-electron chi connectivity index (χ4n) is 4.22. The highest BCUT2D eigenvalue weighted by atomic mass is 32.1. The highest BCUT2D eigenvalue weighted by molar-refractivity contribution is 7.22. The van der Waals surface area contributed by atoms with Crippen LogP contribution in [0, 0.1) is 6.92 Å². The topological polar surface area (TPSA) is 92.9 Å². The van der Waals surface area contributed by atoms with E-state index >= 15 is 0 Å². The molecule has 5 rings (SSSR count). The van der Waals surface area contributed by atoms with E-state index in [1.807, 2.05) is 18.2 Å². The number of carbonyl (C=O) groups is 2. The Labute approximate surface area is 212 Å². The number of hydrogen-bond acceptors (Lipinski definition) is 7. The minimum absolute atomic E-state index is 0.0523. The van der Waals surface area contributed by atoms with Gasteiger partial charge in [-0.1, -0.05) is 49.1 Å². The number of amides is 1. The highest BCUT2D eigenvalue weighted by Crippen LogP contribution is 2.44. The predicted octanol–water partition coefficient (Wildman–Crippen LogP) is 6.11. The molecule has 7 nitrogen and oxygen atoms in total. The number of anilines is 1. The van der Waals surface area contributed by atoms with Crippen LogP contribution in [0.15, 0.2) is 83.0 Å². The van der Waals surface area contributed by atoms with Gasteiger partial charge in [0.25, 0.3) is 5.91 Å². The van der Waals surface area contributed by atoms with Crippen LogP contribution in [0.3, 0.4) is 0 Å². The number of hydrogen-bond donors (Lipinski definition) is 1. The van der Waals surface area contributed by atoms with Crippen LogP contribution < -0.4 is 9.64 Å². The lowest BCUT2D eigenvalue weighted by atomic mass is 9.95. The number of carbonyl (C=O) groups excluding carboxylic acids is 2. The number of aliphatic hydroxyl groups is 1. The first-order valence-electron chi connectivity index (χ1n) is 11.5. The number of aromatic nitrogens is 1.